The molecule has 0 radical (unpaired) electrons. The number of hydrogen-bond donors (Lipinski definition) is 3. The number of aryl methyl sites for hydroxylation is 1. The summed E-state index contributed by atoms with van der Waals surface area (Å²) >= 11 is 0. The fourth-order valence-corrected chi connectivity index (χ4v) is 2.17. The maximum Gasteiger partial charge on any atom is 0.251 e. The van der Waals surface area contributed by atoms with E-state index in [0.29, 0.717) is 23.6 Å². The number of carbonyl (C=O) groups excluding carboxylic acids is 1. The molecule has 0 aromatic heterocycles. The molecule has 19 heavy (non-hydrogen) atoms. The standard InChI is InChI=1S/C15H24N2O2/c1-4-11(5-2)13(16)9-17-15(19)12-6-7-14(18)10(3)8-12/h6-8,11,13,18H,4-5,9,16H2,1-3H3,(H,17,19). The van der Waals surface area contributed by atoms with Crippen molar-refractivity contribution in [3.8, 4) is 5.75 Å². The molecule has 4 N–H and O–H groups in total. The fourth-order valence-electron chi connectivity index (χ4n) is 2.17. The number of nitrogens with two attached hydrogens (primary N) is 1. The monoisotopic (exact) mass is 264 g/mol. The van der Waals surface area contributed by atoms with E-state index in [-0.39, 0.29) is 17.7 Å². The van der Waals surface area contributed by atoms with E-state index in [2.05, 4.69) is 19.2 Å². The van der Waals surface area contributed by atoms with Gasteiger partial charge in [-0.05, 0) is 36.6 Å². The lowest BCUT2D eigenvalue weighted by atomic mass is 9.95. The number of phenols is 1. The van der Waals surface area contributed by atoms with Gasteiger partial charge in [0.25, 0.3) is 5.91 Å². The average molecular weight is 264 g/mol. The molecule has 0 aliphatic heterocycles. The zero-order valence-electron chi connectivity index (χ0n) is 11.9. The van der Waals surface area contributed by atoms with Crippen molar-refractivity contribution in [2.75, 3.05) is 6.54 Å². The van der Waals surface area contributed by atoms with Crippen LogP contribution in [0, 0.1) is 12.8 Å². The first kappa shape index (κ1) is 15.5. The zero-order valence-corrected chi connectivity index (χ0v) is 11.9. The summed E-state index contributed by atoms with van der Waals surface area (Å²) in [5, 5.41) is 12.3. The van der Waals surface area contributed by atoms with Crippen LogP contribution in [0.3, 0.4) is 0 Å². The highest BCUT2D eigenvalue weighted by Crippen LogP contribution is 2.17. The molecule has 1 amide bonds. The molecule has 106 valence electrons. The number of rotatable bonds is 6. The Morgan fingerprint density at radius 2 is 2.00 bits per heavy atom. The summed E-state index contributed by atoms with van der Waals surface area (Å²) in [7, 11) is 0. The van der Waals surface area contributed by atoms with E-state index in [4.69, 9.17) is 5.73 Å². The Morgan fingerprint density at radius 3 is 2.53 bits per heavy atom. The smallest absolute Gasteiger partial charge is 0.251 e. The Morgan fingerprint density at radius 1 is 1.37 bits per heavy atom. The van der Waals surface area contributed by atoms with E-state index in [1.807, 2.05) is 0 Å². The van der Waals surface area contributed by atoms with Crippen LogP contribution in [-0.4, -0.2) is 23.6 Å². The predicted octanol–water partition coefficient (Wildman–Crippen LogP) is 2.19. The van der Waals surface area contributed by atoms with Gasteiger partial charge in [0.1, 0.15) is 5.75 Å². The highest BCUT2D eigenvalue weighted by molar-refractivity contribution is 5.94. The third-order valence-electron chi connectivity index (χ3n) is 3.61. The molecule has 1 aromatic carbocycles. The summed E-state index contributed by atoms with van der Waals surface area (Å²) in [6.45, 7) is 6.46. The molecule has 1 unspecified atom stereocenters. The molecule has 1 aromatic rings. The Hall–Kier alpha value is -1.55. The van der Waals surface area contributed by atoms with Crippen molar-refractivity contribution >= 4 is 5.91 Å². The normalized spacial score (nSPS) is 12.5. The summed E-state index contributed by atoms with van der Waals surface area (Å²) < 4.78 is 0. The molecule has 1 rings (SSSR count). The number of hydrogen-bond acceptors (Lipinski definition) is 3. The molecule has 0 bridgehead atoms. The quantitative estimate of drug-likeness (QED) is 0.737. The highest BCUT2D eigenvalue weighted by atomic mass is 16.3. The molecule has 0 heterocycles. The third kappa shape index (κ3) is 4.24. The number of aromatic hydroxyl groups is 1. The molecule has 1 atom stereocenters. The van der Waals surface area contributed by atoms with Crippen molar-refractivity contribution in [2.24, 2.45) is 11.7 Å². The lowest BCUT2D eigenvalue weighted by Gasteiger charge is -2.21. The van der Waals surface area contributed by atoms with Crippen LogP contribution >= 0.6 is 0 Å². The number of carbonyl (C=O) groups is 1. The summed E-state index contributed by atoms with van der Waals surface area (Å²) in [5.74, 6) is 0.483. The first-order valence-electron chi connectivity index (χ1n) is 6.82. The van der Waals surface area contributed by atoms with Gasteiger partial charge in [0.15, 0.2) is 0 Å². The molecule has 0 spiro atoms. The largest absolute Gasteiger partial charge is 0.508 e. The SMILES string of the molecule is CCC(CC)C(N)CNC(=O)c1ccc(O)c(C)c1. The summed E-state index contributed by atoms with van der Waals surface area (Å²) in [5.41, 5.74) is 7.30. The second-order valence-corrected chi connectivity index (χ2v) is 4.95. The Bertz CT molecular complexity index is 428. The van der Waals surface area contributed by atoms with Crippen LogP contribution in [0.1, 0.15) is 42.6 Å². The predicted molar refractivity (Wildman–Crippen MR) is 77.2 cm³/mol. The van der Waals surface area contributed by atoms with Gasteiger partial charge < -0.3 is 16.2 Å². The van der Waals surface area contributed by atoms with Gasteiger partial charge in [-0.2, -0.15) is 0 Å². The van der Waals surface area contributed by atoms with Crippen LogP contribution in [0.25, 0.3) is 0 Å². The van der Waals surface area contributed by atoms with Crippen LogP contribution in [0.2, 0.25) is 0 Å². The highest BCUT2D eigenvalue weighted by Gasteiger charge is 2.15. The minimum Gasteiger partial charge on any atom is -0.508 e. The summed E-state index contributed by atoms with van der Waals surface area (Å²) in [4.78, 5) is 12.0. The zero-order chi connectivity index (χ0) is 14.4. The first-order valence-corrected chi connectivity index (χ1v) is 6.82. The summed E-state index contributed by atoms with van der Waals surface area (Å²) in [6.07, 6.45) is 2.04. The average Bonchev–Trinajstić information content (AvgIpc) is 2.40. The minimum absolute atomic E-state index is 0.0165. The Kier molecular flexibility index (Phi) is 5.83. The fraction of sp³-hybridized carbons (Fsp3) is 0.533. The molecular weight excluding hydrogens is 240 g/mol. The number of phenolic OH excluding ortho intramolecular Hbond substituents is 1. The molecule has 4 heteroatoms. The maximum atomic E-state index is 12.0. The first-order chi connectivity index (χ1) is 8.99. The maximum absolute atomic E-state index is 12.0. The van der Waals surface area contributed by atoms with Crippen molar-refractivity contribution in [3.63, 3.8) is 0 Å². The molecule has 4 nitrogen and oxygen atoms in total. The molecule has 0 saturated carbocycles. The number of benzene rings is 1. The second-order valence-electron chi connectivity index (χ2n) is 4.95. The Balaban J connectivity index is 2.58. The summed E-state index contributed by atoms with van der Waals surface area (Å²) in [6, 6.07) is 4.80. The van der Waals surface area contributed by atoms with Gasteiger partial charge in [-0.3, -0.25) is 4.79 Å². The van der Waals surface area contributed by atoms with Crippen LogP contribution in [-0.2, 0) is 0 Å². The van der Waals surface area contributed by atoms with Gasteiger partial charge in [0.05, 0.1) is 0 Å². The van der Waals surface area contributed by atoms with Crippen molar-refractivity contribution in [2.45, 2.75) is 39.7 Å². The van der Waals surface area contributed by atoms with E-state index in [0.717, 1.165) is 12.8 Å². The van der Waals surface area contributed by atoms with Crippen LogP contribution in [0.15, 0.2) is 18.2 Å². The number of amides is 1. The Labute approximate surface area is 115 Å². The van der Waals surface area contributed by atoms with Crippen molar-refractivity contribution in [1.82, 2.24) is 5.32 Å². The second kappa shape index (κ2) is 7.14. The number of nitrogens with one attached hydrogen (secondary N) is 1. The van der Waals surface area contributed by atoms with Crippen LogP contribution < -0.4 is 11.1 Å². The van der Waals surface area contributed by atoms with Gasteiger partial charge in [0.2, 0.25) is 0 Å². The van der Waals surface area contributed by atoms with Crippen LogP contribution in [0.5, 0.6) is 5.75 Å². The molecule has 0 aliphatic carbocycles. The van der Waals surface area contributed by atoms with Crippen molar-refractivity contribution < 1.29 is 9.90 Å². The molecule has 0 fully saturated rings. The van der Waals surface area contributed by atoms with Crippen molar-refractivity contribution in [3.05, 3.63) is 29.3 Å². The van der Waals surface area contributed by atoms with Gasteiger partial charge in [-0.25, -0.2) is 0 Å². The van der Waals surface area contributed by atoms with E-state index in [9.17, 15) is 9.90 Å². The van der Waals surface area contributed by atoms with E-state index < -0.39 is 0 Å². The molecular formula is C15H24N2O2. The topological polar surface area (TPSA) is 75.3 Å². The van der Waals surface area contributed by atoms with Crippen molar-refractivity contribution in [1.29, 1.82) is 0 Å². The lowest BCUT2D eigenvalue weighted by molar-refractivity contribution is 0.0948. The lowest BCUT2D eigenvalue weighted by Crippen LogP contribution is -2.41. The van der Waals surface area contributed by atoms with Gasteiger partial charge in [-0.15, -0.1) is 0 Å². The van der Waals surface area contributed by atoms with E-state index in [1.165, 1.54) is 6.07 Å². The van der Waals surface area contributed by atoms with Gasteiger partial charge >= 0.3 is 0 Å². The minimum atomic E-state index is -0.149. The third-order valence-corrected chi connectivity index (χ3v) is 3.61. The van der Waals surface area contributed by atoms with E-state index in [1.54, 1.807) is 19.1 Å². The van der Waals surface area contributed by atoms with Crippen LogP contribution in [0.4, 0.5) is 0 Å². The molecule has 0 saturated heterocycles. The van der Waals surface area contributed by atoms with E-state index >= 15 is 0 Å². The van der Waals surface area contributed by atoms with Gasteiger partial charge in [-0.1, -0.05) is 26.7 Å². The van der Waals surface area contributed by atoms with Gasteiger partial charge in [0, 0.05) is 18.2 Å². The molecule has 0 aliphatic rings.